The van der Waals surface area contributed by atoms with E-state index in [1.54, 1.807) is 0 Å². The highest BCUT2D eigenvalue weighted by Crippen LogP contribution is 2.19. The molecule has 0 N–H and O–H groups in total. The van der Waals surface area contributed by atoms with Crippen LogP contribution < -0.4 is 0 Å². The summed E-state index contributed by atoms with van der Waals surface area (Å²) in [5, 5.41) is 0. The van der Waals surface area contributed by atoms with Crippen molar-refractivity contribution in [2.24, 2.45) is 0 Å². The fourth-order valence-corrected chi connectivity index (χ4v) is 1.94. The van der Waals surface area contributed by atoms with Gasteiger partial charge in [-0.25, -0.2) is 0 Å². The Morgan fingerprint density at radius 1 is 1.23 bits per heavy atom. The molecule has 0 bridgehead atoms. The number of nitrogens with zero attached hydrogens (tertiary/aromatic N) is 1. The lowest BCUT2D eigenvalue weighted by Gasteiger charge is -2.24. The van der Waals surface area contributed by atoms with Gasteiger partial charge in [0, 0.05) is 19.6 Å². The first-order valence-corrected chi connectivity index (χ1v) is 4.97. The van der Waals surface area contributed by atoms with E-state index in [0.717, 1.165) is 32.8 Å². The lowest BCUT2D eigenvalue weighted by molar-refractivity contribution is -0.116. The van der Waals surface area contributed by atoms with Crippen LogP contribution >= 0.6 is 0 Å². The minimum atomic E-state index is 0.319. The van der Waals surface area contributed by atoms with Gasteiger partial charge >= 0.3 is 0 Å². The van der Waals surface area contributed by atoms with Gasteiger partial charge in [-0.1, -0.05) is 12.2 Å². The van der Waals surface area contributed by atoms with E-state index in [2.05, 4.69) is 24.0 Å². The van der Waals surface area contributed by atoms with E-state index in [1.165, 1.54) is 0 Å². The van der Waals surface area contributed by atoms with E-state index in [0.29, 0.717) is 12.2 Å². The summed E-state index contributed by atoms with van der Waals surface area (Å²) in [4.78, 5) is 2.38. The minimum absolute atomic E-state index is 0.319. The fraction of sp³-hybridized carbons (Fsp3) is 0.800. The molecule has 2 aliphatic rings. The Hall–Kier alpha value is -0.380. The molecule has 2 heterocycles. The molecular formula is C10H17NO2. The number of fused-ring (bicyclic) bond motifs is 1. The largest absolute Gasteiger partial charge is 0.372 e. The highest BCUT2D eigenvalue weighted by Gasteiger charge is 2.35. The number of ether oxygens (including phenoxy) is 2. The first kappa shape index (κ1) is 9.19. The third-order valence-corrected chi connectivity index (χ3v) is 2.64. The lowest BCUT2D eigenvalue weighted by Crippen LogP contribution is -2.36. The first-order valence-electron chi connectivity index (χ1n) is 4.97. The van der Waals surface area contributed by atoms with Gasteiger partial charge < -0.3 is 9.47 Å². The predicted molar refractivity (Wildman–Crippen MR) is 50.7 cm³/mol. The van der Waals surface area contributed by atoms with Crippen molar-refractivity contribution in [2.45, 2.75) is 19.1 Å². The van der Waals surface area contributed by atoms with Crippen molar-refractivity contribution in [1.29, 1.82) is 0 Å². The number of hydrogen-bond acceptors (Lipinski definition) is 3. The molecule has 74 valence electrons. The highest BCUT2D eigenvalue weighted by molar-refractivity contribution is 4.91. The van der Waals surface area contributed by atoms with Crippen LogP contribution in [-0.4, -0.2) is 50.0 Å². The second-order valence-corrected chi connectivity index (χ2v) is 3.61. The summed E-state index contributed by atoms with van der Waals surface area (Å²) in [6.45, 7) is 6.65. The molecule has 0 aromatic rings. The molecular weight excluding hydrogens is 166 g/mol. The summed E-state index contributed by atoms with van der Waals surface area (Å²) >= 11 is 0. The normalized spacial score (nSPS) is 35.5. The third-order valence-electron chi connectivity index (χ3n) is 2.64. The Kier molecular flexibility index (Phi) is 2.98. The molecule has 2 atom stereocenters. The summed E-state index contributed by atoms with van der Waals surface area (Å²) in [5.41, 5.74) is 0. The molecule has 13 heavy (non-hydrogen) atoms. The van der Waals surface area contributed by atoms with E-state index < -0.39 is 0 Å². The van der Waals surface area contributed by atoms with Gasteiger partial charge in [0.15, 0.2) is 0 Å². The Balaban J connectivity index is 1.84. The topological polar surface area (TPSA) is 21.7 Å². The van der Waals surface area contributed by atoms with Crippen LogP contribution in [-0.2, 0) is 9.47 Å². The van der Waals surface area contributed by atoms with Crippen LogP contribution in [0.3, 0.4) is 0 Å². The van der Waals surface area contributed by atoms with Gasteiger partial charge in [-0.15, -0.1) is 0 Å². The maximum Gasteiger partial charge on any atom is 0.0977 e. The fourth-order valence-electron chi connectivity index (χ4n) is 1.94. The summed E-state index contributed by atoms with van der Waals surface area (Å²) in [5.74, 6) is 0. The summed E-state index contributed by atoms with van der Waals surface area (Å²) in [6.07, 6.45) is 4.90. The van der Waals surface area contributed by atoms with E-state index in [4.69, 9.17) is 9.47 Å². The Morgan fingerprint density at radius 3 is 2.38 bits per heavy atom. The molecule has 0 aliphatic carbocycles. The zero-order valence-corrected chi connectivity index (χ0v) is 8.11. The molecule has 0 amide bonds. The zero-order chi connectivity index (χ0) is 9.10. The van der Waals surface area contributed by atoms with Gasteiger partial charge in [0.05, 0.1) is 25.4 Å². The van der Waals surface area contributed by atoms with Gasteiger partial charge in [-0.2, -0.15) is 0 Å². The maximum absolute atomic E-state index is 5.62. The molecule has 2 aliphatic heterocycles. The molecule has 2 saturated heterocycles. The van der Waals surface area contributed by atoms with E-state index in [1.807, 2.05) is 0 Å². The van der Waals surface area contributed by atoms with Crippen LogP contribution in [0.25, 0.3) is 0 Å². The molecule has 0 aromatic heterocycles. The Labute approximate surface area is 79.3 Å². The second kappa shape index (κ2) is 4.22. The third kappa shape index (κ3) is 2.10. The first-order chi connectivity index (χ1) is 6.40. The summed E-state index contributed by atoms with van der Waals surface area (Å²) in [7, 11) is 0. The smallest absolute Gasteiger partial charge is 0.0977 e. The zero-order valence-electron chi connectivity index (χ0n) is 8.11. The van der Waals surface area contributed by atoms with Gasteiger partial charge in [0.25, 0.3) is 0 Å². The number of likely N-dealkylation sites (tertiary alicyclic amines) is 1. The molecule has 2 fully saturated rings. The number of allylic oxidation sites excluding steroid dienone is 1. The second-order valence-electron chi connectivity index (χ2n) is 3.61. The van der Waals surface area contributed by atoms with Crippen LogP contribution in [0.5, 0.6) is 0 Å². The van der Waals surface area contributed by atoms with Crippen LogP contribution in [0.1, 0.15) is 6.92 Å². The van der Waals surface area contributed by atoms with Crippen LogP contribution in [0.15, 0.2) is 12.2 Å². The van der Waals surface area contributed by atoms with Gasteiger partial charge in [0.1, 0.15) is 0 Å². The van der Waals surface area contributed by atoms with Crippen LogP contribution in [0.4, 0.5) is 0 Å². The quantitative estimate of drug-likeness (QED) is 0.587. The molecule has 3 heteroatoms. The van der Waals surface area contributed by atoms with Crippen molar-refractivity contribution in [3.63, 3.8) is 0 Å². The molecule has 2 rings (SSSR count). The number of hydrogen-bond donors (Lipinski definition) is 0. The van der Waals surface area contributed by atoms with Crippen molar-refractivity contribution in [2.75, 3.05) is 32.8 Å². The van der Waals surface area contributed by atoms with Crippen LogP contribution in [0, 0.1) is 0 Å². The average molecular weight is 183 g/mol. The minimum Gasteiger partial charge on any atom is -0.372 e. The van der Waals surface area contributed by atoms with Crippen molar-refractivity contribution < 1.29 is 9.47 Å². The standard InChI is InChI=1S/C10H17NO2/c1-2-3-4-11-7-9-10(8-11)13-6-5-12-9/h2-3,9-10H,4-8H2,1H3/b3-2+. The van der Waals surface area contributed by atoms with Gasteiger partial charge in [-0.05, 0) is 6.92 Å². The molecule has 0 saturated carbocycles. The van der Waals surface area contributed by atoms with Crippen molar-refractivity contribution in [3.05, 3.63) is 12.2 Å². The monoisotopic (exact) mass is 183 g/mol. The van der Waals surface area contributed by atoms with Crippen molar-refractivity contribution in [3.8, 4) is 0 Å². The van der Waals surface area contributed by atoms with Crippen molar-refractivity contribution >= 4 is 0 Å². The van der Waals surface area contributed by atoms with E-state index >= 15 is 0 Å². The van der Waals surface area contributed by atoms with Crippen molar-refractivity contribution in [1.82, 2.24) is 4.90 Å². The van der Waals surface area contributed by atoms with Gasteiger partial charge in [-0.3, -0.25) is 4.90 Å². The predicted octanol–water partition coefficient (Wildman–Crippen LogP) is 0.662. The molecule has 3 nitrogen and oxygen atoms in total. The number of rotatable bonds is 2. The molecule has 0 radical (unpaired) electrons. The Bertz CT molecular complexity index is 179. The SMILES string of the molecule is C/C=C/CN1CC2OCCOC2C1. The average Bonchev–Trinajstić information content (AvgIpc) is 2.57. The summed E-state index contributed by atoms with van der Waals surface area (Å²) in [6, 6.07) is 0. The highest BCUT2D eigenvalue weighted by atomic mass is 16.6. The van der Waals surface area contributed by atoms with Crippen LogP contribution in [0.2, 0.25) is 0 Å². The van der Waals surface area contributed by atoms with E-state index in [9.17, 15) is 0 Å². The maximum atomic E-state index is 5.62. The van der Waals surface area contributed by atoms with E-state index in [-0.39, 0.29) is 0 Å². The molecule has 0 aromatic carbocycles. The molecule has 0 spiro atoms. The molecule has 2 unspecified atom stereocenters. The Morgan fingerprint density at radius 2 is 1.85 bits per heavy atom. The van der Waals surface area contributed by atoms with Gasteiger partial charge in [0.2, 0.25) is 0 Å². The summed E-state index contributed by atoms with van der Waals surface area (Å²) < 4.78 is 11.2. The lowest BCUT2D eigenvalue weighted by atomic mass is 10.2.